The molecule has 2 heterocycles. The van der Waals surface area contributed by atoms with Gasteiger partial charge in [0.2, 0.25) is 5.88 Å². The summed E-state index contributed by atoms with van der Waals surface area (Å²) in [5.41, 5.74) is 2.66. The maximum absolute atomic E-state index is 13.5. The Morgan fingerprint density at radius 1 is 1.17 bits per heavy atom. The van der Waals surface area contributed by atoms with Crippen molar-refractivity contribution < 1.29 is 13.9 Å². The van der Waals surface area contributed by atoms with Gasteiger partial charge in [0.25, 0.3) is 0 Å². The molecule has 0 aliphatic heterocycles. The topological polar surface area (TPSA) is 50.4 Å². The van der Waals surface area contributed by atoms with E-state index < -0.39 is 11.6 Å². The average molecular weight is 315 g/mol. The van der Waals surface area contributed by atoms with E-state index in [9.17, 15) is 13.9 Å². The molecule has 1 aliphatic rings. The monoisotopic (exact) mass is 315 g/mol. The van der Waals surface area contributed by atoms with Crippen LogP contribution in [0.1, 0.15) is 42.0 Å². The van der Waals surface area contributed by atoms with Crippen LogP contribution in [0.3, 0.4) is 0 Å². The van der Waals surface area contributed by atoms with Crippen molar-refractivity contribution in [3.05, 3.63) is 58.9 Å². The van der Waals surface area contributed by atoms with Gasteiger partial charge in [0.15, 0.2) is 17.3 Å². The Hall–Kier alpha value is -2.50. The number of nitrogens with zero attached hydrogens (tertiary/aromatic N) is 3. The summed E-state index contributed by atoms with van der Waals surface area (Å²) in [6.07, 6.45) is 5.07. The molecule has 2 aromatic heterocycles. The lowest BCUT2D eigenvalue weighted by Crippen LogP contribution is -2.15. The molecule has 1 aromatic carbocycles. The summed E-state index contributed by atoms with van der Waals surface area (Å²) in [6, 6.07) is 5.52. The molecule has 118 valence electrons. The maximum atomic E-state index is 13.5. The second-order valence-electron chi connectivity index (χ2n) is 5.95. The van der Waals surface area contributed by atoms with Crippen molar-refractivity contribution in [2.45, 2.75) is 31.6 Å². The molecule has 4 nitrogen and oxygen atoms in total. The van der Waals surface area contributed by atoms with Gasteiger partial charge in [0.1, 0.15) is 0 Å². The van der Waals surface area contributed by atoms with Crippen LogP contribution in [-0.2, 0) is 6.42 Å². The van der Waals surface area contributed by atoms with Crippen LogP contribution in [0.4, 0.5) is 8.78 Å². The highest BCUT2D eigenvalue weighted by Gasteiger charge is 2.27. The van der Waals surface area contributed by atoms with E-state index in [0.717, 1.165) is 37.1 Å². The van der Waals surface area contributed by atoms with Gasteiger partial charge in [-0.05, 0) is 30.5 Å². The van der Waals surface area contributed by atoms with Gasteiger partial charge in [-0.1, -0.05) is 12.5 Å². The third kappa shape index (κ3) is 2.34. The maximum Gasteiger partial charge on any atom is 0.219 e. The van der Waals surface area contributed by atoms with Crippen molar-refractivity contribution in [1.82, 2.24) is 14.6 Å². The molecule has 0 bridgehead atoms. The lowest BCUT2D eigenvalue weighted by atomic mass is 9.80. The van der Waals surface area contributed by atoms with Crippen LogP contribution in [-0.4, -0.2) is 19.7 Å². The van der Waals surface area contributed by atoms with Gasteiger partial charge in [-0.15, -0.1) is 0 Å². The quantitative estimate of drug-likeness (QED) is 0.804. The van der Waals surface area contributed by atoms with Crippen molar-refractivity contribution in [1.29, 1.82) is 0 Å². The van der Waals surface area contributed by atoms with Gasteiger partial charge in [-0.25, -0.2) is 13.8 Å². The van der Waals surface area contributed by atoms with Gasteiger partial charge in [0.05, 0.1) is 11.9 Å². The smallest absolute Gasteiger partial charge is 0.219 e. The summed E-state index contributed by atoms with van der Waals surface area (Å²) in [4.78, 5) is 4.63. The minimum atomic E-state index is -0.889. The van der Waals surface area contributed by atoms with Crippen LogP contribution >= 0.6 is 0 Å². The van der Waals surface area contributed by atoms with Gasteiger partial charge in [0, 0.05) is 24.0 Å². The Kier molecular flexibility index (Phi) is 3.25. The van der Waals surface area contributed by atoms with Crippen molar-refractivity contribution in [3.8, 4) is 5.88 Å². The molecule has 23 heavy (non-hydrogen) atoms. The number of benzene rings is 1. The van der Waals surface area contributed by atoms with E-state index in [2.05, 4.69) is 10.1 Å². The fourth-order valence-corrected chi connectivity index (χ4v) is 3.02. The van der Waals surface area contributed by atoms with E-state index in [1.54, 1.807) is 12.3 Å². The molecule has 0 amide bonds. The lowest BCUT2D eigenvalue weighted by molar-refractivity contribution is 0.393. The lowest BCUT2D eigenvalue weighted by Gasteiger charge is -2.27. The summed E-state index contributed by atoms with van der Waals surface area (Å²) >= 11 is 0. The second-order valence-corrected chi connectivity index (χ2v) is 5.95. The summed E-state index contributed by atoms with van der Waals surface area (Å²) in [7, 11) is 0. The Bertz CT molecular complexity index is 887. The average Bonchev–Trinajstić information content (AvgIpc) is 2.93. The van der Waals surface area contributed by atoms with Crippen molar-refractivity contribution in [3.63, 3.8) is 0 Å². The molecule has 1 saturated carbocycles. The zero-order valence-electron chi connectivity index (χ0n) is 12.3. The number of halogens is 2. The summed E-state index contributed by atoms with van der Waals surface area (Å²) in [5, 5.41) is 14.6. The molecule has 1 N–H and O–H groups in total. The van der Waals surface area contributed by atoms with Crippen molar-refractivity contribution in [2.75, 3.05) is 0 Å². The predicted octanol–water partition coefficient (Wildman–Crippen LogP) is 3.57. The van der Waals surface area contributed by atoms with Crippen LogP contribution in [0.5, 0.6) is 5.88 Å². The fourth-order valence-electron chi connectivity index (χ4n) is 3.02. The summed E-state index contributed by atoms with van der Waals surface area (Å²) in [5.74, 6) is -1.44. The standard InChI is InChI=1S/C17H15F2N3O/c18-13-5-4-10(9-14(13)19)8-12-16(11-2-1-3-11)21-15-6-7-20-22(15)17(12)23/h4-7,9,11,23H,1-3,8H2. The highest BCUT2D eigenvalue weighted by molar-refractivity contribution is 5.48. The minimum Gasteiger partial charge on any atom is -0.493 e. The second kappa shape index (κ2) is 5.30. The van der Waals surface area contributed by atoms with Crippen LogP contribution in [0.25, 0.3) is 5.65 Å². The van der Waals surface area contributed by atoms with Crippen LogP contribution < -0.4 is 0 Å². The SMILES string of the molecule is Oc1c(Cc2ccc(F)c(F)c2)c(C2CCC2)nc2ccnn12. The number of hydrogen-bond donors (Lipinski definition) is 1. The first-order valence-corrected chi connectivity index (χ1v) is 7.63. The van der Waals surface area contributed by atoms with Gasteiger partial charge in [-0.3, -0.25) is 0 Å². The number of aromatic nitrogens is 3. The molecule has 3 aromatic rings. The largest absolute Gasteiger partial charge is 0.493 e. The van der Waals surface area contributed by atoms with E-state index in [1.165, 1.54) is 10.6 Å². The summed E-state index contributed by atoms with van der Waals surface area (Å²) in [6.45, 7) is 0. The number of hydrogen-bond acceptors (Lipinski definition) is 3. The number of aromatic hydroxyl groups is 1. The molecule has 0 radical (unpaired) electrons. The Morgan fingerprint density at radius 3 is 2.70 bits per heavy atom. The molecule has 6 heteroatoms. The molecule has 4 rings (SSSR count). The van der Waals surface area contributed by atoms with Crippen LogP contribution in [0.15, 0.2) is 30.5 Å². The zero-order valence-corrected chi connectivity index (χ0v) is 12.3. The van der Waals surface area contributed by atoms with Crippen LogP contribution in [0.2, 0.25) is 0 Å². The first kappa shape index (κ1) is 14.1. The Morgan fingerprint density at radius 2 is 2.00 bits per heavy atom. The number of fused-ring (bicyclic) bond motifs is 1. The third-order valence-electron chi connectivity index (χ3n) is 4.49. The van der Waals surface area contributed by atoms with E-state index in [0.29, 0.717) is 22.7 Å². The van der Waals surface area contributed by atoms with Gasteiger partial charge < -0.3 is 5.11 Å². The Labute approximate surface area is 131 Å². The molecule has 1 fully saturated rings. The summed E-state index contributed by atoms with van der Waals surface area (Å²) < 4.78 is 27.9. The highest BCUT2D eigenvalue weighted by atomic mass is 19.2. The molecular formula is C17H15F2N3O. The molecular weight excluding hydrogens is 300 g/mol. The fraction of sp³-hybridized carbons (Fsp3) is 0.294. The minimum absolute atomic E-state index is 0.0200. The molecule has 0 spiro atoms. The van der Waals surface area contributed by atoms with E-state index in [-0.39, 0.29) is 12.3 Å². The number of rotatable bonds is 3. The predicted molar refractivity (Wildman–Crippen MR) is 80.4 cm³/mol. The molecule has 0 unspecified atom stereocenters. The zero-order chi connectivity index (χ0) is 16.0. The van der Waals surface area contributed by atoms with E-state index in [4.69, 9.17) is 0 Å². The molecule has 0 atom stereocenters. The van der Waals surface area contributed by atoms with E-state index >= 15 is 0 Å². The molecule has 1 aliphatic carbocycles. The molecule has 0 saturated heterocycles. The highest BCUT2D eigenvalue weighted by Crippen LogP contribution is 2.40. The van der Waals surface area contributed by atoms with E-state index in [1.807, 2.05) is 0 Å². The Balaban J connectivity index is 1.83. The third-order valence-corrected chi connectivity index (χ3v) is 4.49. The van der Waals surface area contributed by atoms with Crippen molar-refractivity contribution >= 4 is 5.65 Å². The van der Waals surface area contributed by atoms with Crippen LogP contribution in [0, 0.1) is 11.6 Å². The van der Waals surface area contributed by atoms with Crippen molar-refractivity contribution in [2.24, 2.45) is 0 Å². The first-order chi connectivity index (χ1) is 11.1. The van der Waals surface area contributed by atoms with Gasteiger partial charge >= 0.3 is 0 Å². The first-order valence-electron chi connectivity index (χ1n) is 7.63. The van der Waals surface area contributed by atoms with Gasteiger partial charge in [-0.2, -0.15) is 9.61 Å². The normalized spacial score (nSPS) is 15.0.